The molecule has 0 saturated carbocycles. The fourth-order valence-corrected chi connectivity index (χ4v) is 3.10. The van der Waals surface area contributed by atoms with E-state index < -0.39 is 0 Å². The van der Waals surface area contributed by atoms with Gasteiger partial charge in [-0.25, -0.2) is 0 Å². The van der Waals surface area contributed by atoms with Crippen molar-refractivity contribution in [2.75, 3.05) is 5.32 Å². The first kappa shape index (κ1) is 16.2. The van der Waals surface area contributed by atoms with Gasteiger partial charge in [0.25, 0.3) is 0 Å². The lowest BCUT2D eigenvalue weighted by Crippen LogP contribution is -2.31. The van der Waals surface area contributed by atoms with E-state index in [0.29, 0.717) is 10.7 Å². The molecule has 0 spiro atoms. The van der Waals surface area contributed by atoms with Crippen molar-refractivity contribution in [3.63, 3.8) is 0 Å². The number of hydrogen-bond acceptors (Lipinski definition) is 2. The second kappa shape index (κ2) is 7.74. The molecule has 0 saturated heterocycles. The average Bonchev–Trinajstić information content (AvgIpc) is 2.48. The van der Waals surface area contributed by atoms with Crippen LogP contribution in [-0.2, 0) is 4.79 Å². The van der Waals surface area contributed by atoms with E-state index in [1.54, 1.807) is 24.3 Å². The maximum absolute atomic E-state index is 12.4. The lowest BCUT2D eigenvalue weighted by molar-refractivity contribution is -0.115. The van der Waals surface area contributed by atoms with E-state index in [1.807, 2.05) is 37.3 Å². The van der Waals surface area contributed by atoms with E-state index in [0.717, 1.165) is 4.90 Å². The predicted octanol–water partition coefficient (Wildman–Crippen LogP) is 5.07. The summed E-state index contributed by atoms with van der Waals surface area (Å²) in [5, 5.41) is 2.84. The molecule has 0 heterocycles. The molecule has 2 aromatic rings. The van der Waals surface area contributed by atoms with Crippen molar-refractivity contribution < 1.29 is 4.79 Å². The molecule has 0 bridgehead atoms. The SMILES string of the molecule is C[C@H](Cl)[C@@H](Sc1ccccc1)C(=O)Nc1ccc(Cl)cc1. The molecule has 2 aromatic carbocycles. The molecule has 0 aliphatic heterocycles. The van der Waals surface area contributed by atoms with Gasteiger partial charge in [-0.05, 0) is 43.3 Å². The van der Waals surface area contributed by atoms with E-state index in [1.165, 1.54) is 11.8 Å². The Morgan fingerprint density at radius 2 is 1.71 bits per heavy atom. The molecule has 2 rings (SSSR count). The Kier molecular flexibility index (Phi) is 5.97. The number of benzene rings is 2. The topological polar surface area (TPSA) is 29.1 Å². The highest BCUT2D eigenvalue weighted by atomic mass is 35.5. The van der Waals surface area contributed by atoms with Crippen molar-refractivity contribution in [2.24, 2.45) is 0 Å². The maximum Gasteiger partial charge on any atom is 0.239 e. The predicted molar refractivity (Wildman–Crippen MR) is 91.5 cm³/mol. The minimum absolute atomic E-state index is 0.117. The number of carbonyl (C=O) groups is 1. The van der Waals surface area contributed by atoms with Gasteiger partial charge in [-0.3, -0.25) is 4.79 Å². The summed E-state index contributed by atoms with van der Waals surface area (Å²) in [6.07, 6.45) is 0. The lowest BCUT2D eigenvalue weighted by atomic mass is 10.2. The summed E-state index contributed by atoms with van der Waals surface area (Å²) in [6.45, 7) is 1.82. The molecule has 5 heteroatoms. The van der Waals surface area contributed by atoms with Crippen molar-refractivity contribution in [3.8, 4) is 0 Å². The van der Waals surface area contributed by atoms with Crippen LogP contribution in [0.25, 0.3) is 0 Å². The third-order valence-electron chi connectivity index (χ3n) is 2.79. The zero-order valence-corrected chi connectivity index (χ0v) is 13.8. The number of amides is 1. The summed E-state index contributed by atoms with van der Waals surface area (Å²) in [6, 6.07) is 16.8. The van der Waals surface area contributed by atoms with Gasteiger partial charge in [-0.2, -0.15) is 0 Å². The summed E-state index contributed by atoms with van der Waals surface area (Å²) < 4.78 is 0. The average molecular weight is 340 g/mol. The molecule has 2 atom stereocenters. The lowest BCUT2D eigenvalue weighted by Gasteiger charge is -2.18. The van der Waals surface area contributed by atoms with Crippen molar-refractivity contribution in [1.29, 1.82) is 0 Å². The summed E-state index contributed by atoms with van der Waals surface area (Å²) in [4.78, 5) is 13.4. The van der Waals surface area contributed by atoms with Gasteiger partial charge in [0.15, 0.2) is 0 Å². The van der Waals surface area contributed by atoms with E-state index >= 15 is 0 Å². The monoisotopic (exact) mass is 339 g/mol. The molecule has 1 N–H and O–H groups in total. The number of nitrogens with one attached hydrogen (secondary N) is 1. The molecule has 0 aliphatic rings. The Morgan fingerprint density at radius 3 is 2.29 bits per heavy atom. The largest absolute Gasteiger partial charge is 0.325 e. The van der Waals surface area contributed by atoms with E-state index in [2.05, 4.69) is 5.32 Å². The number of rotatable bonds is 5. The van der Waals surface area contributed by atoms with Gasteiger partial charge < -0.3 is 5.32 Å². The fraction of sp³-hybridized carbons (Fsp3) is 0.188. The summed E-state index contributed by atoms with van der Waals surface area (Å²) in [7, 11) is 0. The molecule has 21 heavy (non-hydrogen) atoms. The molecule has 0 radical (unpaired) electrons. The Morgan fingerprint density at radius 1 is 1.10 bits per heavy atom. The highest BCUT2D eigenvalue weighted by Crippen LogP contribution is 2.28. The minimum Gasteiger partial charge on any atom is -0.325 e. The standard InChI is InChI=1S/C16H15Cl2NOS/c1-11(17)15(21-14-5-3-2-4-6-14)16(20)19-13-9-7-12(18)8-10-13/h2-11,15H,1H3,(H,19,20)/t11-,15+/m0/s1. The number of anilines is 1. The van der Waals surface area contributed by atoms with Gasteiger partial charge in [0.2, 0.25) is 5.91 Å². The van der Waals surface area contributed by atoms with Gasteiger partial charge in [0.1, 0.15) is 5.25 Å². The fourth-order valence-electron chi connectivity index (χ4n) is 1.75. The van der Waals surface area contributed by atoms with Gasteiger partial charge in [-0.15, -0.1) is 23.4 Å². The van der Waals surface area contributed by atoms with Crippen LogP contribution < -0.4 is 5.32 Å². The van der Waals surface area contributed by atoms with Gasteiger partial charge in [0, 0.05) is 15.6 Å². The Balaban J connectivity index is 2.07. The summed E-state index contributed by atoms with van der Waals surface area (Å²) in [5.74, 6) is -0.117. The molecule has 0 aromatic heterocycles. The van der Waals surface area contributed by atoms with Gasteiger partial charge >= 0.3 is 0 Å². The molecule has 0 fully saturated rings. The number of halogens is 2. The summed E-state index contributed by atoms with van der Waals surface area (Å²) >= 11 is 13.5. The molecular weight excluding hydrogens is 325 g/mol. The van der Waals surface area contributed by atoms with Crippen molar-refractivity contribution >= 4 is 46.6 Å². The molecular formula is C16H15Cl2NOS. The molecule has 110 valence electrons. The Labute approximate surface area is 138 Å². The highest BCUT2D eigenvalue weighted by molar-refractivity contribution is 8.00. The second-order valence-corrected chi connectivity index (χ2v) is 6.87. The first-order chi connectivity index (χ1) is 10.1. The quantitative estimate of drug-likeness (QED) is 0.608. The van der Waals surface area contributed by atoms with Crippen LogP contribution in [0.3, 0.4) is 0 Å². The normalized spacial score (nSPS) is 13.5. The number of hydrogen-bond donors (Lipinski definition) is 1. The maximum atomic E-state index is 12.4. The van der Waals surface area contributed by atoms with E-state index in [-0.39, 0.29) is 16.5 Å². The molecule has 0 unspecified atom stereocenters. The third-order valence-corrected chi connectivity index (χ3v) is 4.87. The van der Waals surface area contributed by atoms with Crippen LogP contribution in [0.15, 0.2) is 59.5 Å². The van der Waals surface area contributed by atoms with Crippen LogP contribution in [0.1, 0.15) is 6.92 Å². The first-order valence-electron chi connectivity index (χ1n) is 6.48. The second-order valence-electron chi connectivity index (χ2n) is 4.53. The highest BCUT2D eigenvalue weighted by Gasteiger charge is 2.25. The summed E-state index contributed by atoms with van der Waals surface area (Å²) in [5.41, 5.74) is 0.709. The van der Waals surface area contributed by atoms with Crippen molar-refractivity contribution in [3.05, 3.63) is 59.6 Å². The van der Waals surface area contributed by atoms with Gasteiger partial charge in [-0.1, -0.05) is 29.8 Å². The van der Waals surface area contributed by atoms with Crippen molar-refractivity contribution in [2.45, 2.75) is 22.4 Å². The minimum atomic E-state index is -0.371. The zero-order valence-electron chi connectivity index (χ0n) is 11.4. The van der Waals surface area contributed by atoms with E-state index in [9.17, 15) is 4.79 Å². The zero-order chi connectivity index (χ0) is 15.2. The number of alkyl halides is 1. The van der Waals surface area contributed by atoms with Crippen LogP contribution >= 0.6 is 35.0 Å². The number of thioether (sulfide) groups is 1. The molecule has 1 amide bonds. The van der Waals surface area contributed by atoms with Crippen LogP contribution in [0, 0.1) is 0 Å². The third kappa shape index (κ3) is 4.95. The van der Waals surface area contributed by atoms with E-state index in [4.69, 9.17) is 23.2 Å². The van der Waals surface area contributed by atoms with Gasteiger partial charge in [0.05, 0.1) is 5.38 Å². The Hall–Kier alpha value is -1.16. The van der Waals surface area contributed by atoms with Crippen LogP contribution in [0.2, 0.25) is 5.02 Å². The van der Waals surface area contributed by atoms with Crippen LogP contribution in [0.4, 0.5) is 5.69 Å². The Bertz CT molecular complexity index is 587. The number of carbonyl (C=O) groups excluding carboxylic acids is 1. The van der Waals surface area contributed by atoms with Crippen molar-refractivity contribution in [1.82, 2.24) is 0 Å². The van der Waals surface area contributed by atoms with Crippen LogP contribution in [-0.4, -0.2) is 16.5 Å². The molecule has 0 aliphatic carbocycles. The smallest absolute Gasteiger partial charge is 0.239 e. The van der Waals surface area contributed by atoms with Crippen LogP contribution in [0.5, 0.6) is 0 Å². The molecule has 2 nitrogen and oxygen atoms in total. The first-order valence-corrected chi connectivity index (χ1v) is 8.18.